The fraction of sp³-hybridized carbons (Fsp3) is 0.125. The van der Waals surface area contributed by atoms with Gasteiger partial charge in [-0.1, -0.05) is 0 Å². The molecular formula is C8H6N2O2. The minimum Gasteiger partial charge on any atom is -0.494 e. The first kappa shape index (κ1) is 8.21. The molecule has 12 heavy (non-hydrogen) atoms. The van der Waals surface area contributed by atoms with Gasteiger partial charge in [0.2, 0.25) is 0 Å². The van der Waals surface area contributed by atoms with Crippen molar-refractivity contribution in [3.05, 3.63) is 23.5 Å². The number of aldehydes is 1. The summed E-state index contributed by atoms with van der Waals surface area (Å²) in [7, 11) is 1.42. The van der Waals surface area contributed by atoms with Crippen molar-refractivity contribution in [2.45, 2.75) is 0 Å². The molecule has 4 heteroatoms. The van der Waals surface area contributed by atoms with Gasteiger partial charge in [0.05, 0.1) is 7.11 Å². The molecule has 1 aromatic rings. The number of hydrogen-bond acceptors (Lipinski definition) is 4. The molecule has 0 aliphatic rings. The normalized spacial score (nSPS) is 8.67. The van der Waals surface area contributed by atoms with E-state index in [1.807, 2.05) is 6.07 Å². The number of rotatable bonds is 2. The Morgan fingerprint density at radius 2 is 2.50 bits per heavy atom. The van der Waals surface area contributed by atoms with E-state index >= 15 is 0 Å². The van der Waals surface area contributed by atoms with Crippen molar-refractivity contribution in [3.63, 3.8) is 0 Å². The van der Waals surface area contributed by atoms with Crippen molar-refractivity contribution in [2.75, 3.05) is 7.11 Å². The summed E-state index contributed by atoms with van der Waals surface area (Å²) in [5.41, 5.74) is 0.578. The molecule has 0 saturated carbocycles. The van der Waals surface area contributed by atoms with Crippen molar-refractivity contribution < 1.29 is 9.53 Å². The van der Waals surface area contributed by atoms with Crippen molar-refractivity contribution in [1.29, 1.82) is 5.26 Å². The Morgan fingerprint density at radius 3 is 3.00 bits per heavy atom. The quantitative estimate of drug-likeness (QED) is 0.602. The number of pyridine rings is 1. The molecule has 0 bridgehead atoms. The Hall–Kier alpha value is -1.89. The van der Waals surface area contributed by atoms with Gasteiger partial charge in [0, 0.05) is 11.8 Å². The van der Waals surface area contributed by atoms with E-state index in [1.54, 1.807) is 0 Å². The Bertz CT molecular complexity index is 341. The van der Waals surface area contributed by atoms with Crippen LogP contribution >= 0.6 is 0 Å². The van der Waals surface area contributed by atoms with Crippen LogP contribution in [0.25, 0.3) is 0 Å². The maximum atomic E-state index is 10.3. The van der Waals surface area contributed by atoms with Crippen LogP contribution in [0.3, 0.4) is 0 Å². The molecule has 0 unspecified atom stereocenters. The third-order valence-corrected chi connectivity index (χ3v) is 1.34. The van der Waals surface area contributed by atoms with Gasteiger partial charge in [0.25, 0.3) is 0 Å². The van der Waals surface area contributed by atoms with Gasteiger partial charge in [-0.15, -0.1) is 0 Å². The number of nitriles is 1. The fourth-order valence-corrected chi connectivity index (χ4v) is 0.764. The van der Waals surface area contributed by atoms with Crippen LogP contribution in [0.4, 0.5) is 0 Å². The van der Waals surface area contributed by atoms with Crippen LogP contribution in [0.5, 0.6) is 5.75 Å². The highest BCUT2D eigenvalue weighted by Crippen LogP contribution is 2.14. The van der Waals surface area contributed by atoms with E-state index in [-0.39, 0.29) is 5.69 Å². The monoisotopic (exact) mass is 162 g/mol. The predicted octanol–water partition coefficient (Wildman–Crippen LogP) is 0.774. The predicted molar refractivity (Wildman–Crippen MR) is 40.9 cm³/mol. The van der Waals surface area contributed by atoms with Crippen LogP contribution in [0, 0.1) is 11.3 Å². The molecular weight excluding hydrogens is 156 g/mol. The summed E-state index contributed by atoms with van der Waals surface area (Å²) in [6.07, 6.45) is 1.98. The third kappa shape index (κ3) is 1.40. The lowest BCUT2D eigenvalue weighted by molar-refractivity contribution is 0.112. The maximum absolute atomic E-state index is 10.3. The molecule has 0 aromatic carbocycles. The van der Waals surface area contributed by atoms with Crippen molar-refractivity contribution in [1.82, 2.24) is 4.98 Å². The van der Waals surface area contributed by atoms with Gasteiger partial charge in [-0.25, -0.2) is 4.98 Å². The molecule has 0 spiro atoms. The van der Waals surface area contributed by atoms with Crippen LogP contribution in [-0.2, 0) is 0 Å². The summed E-state index contributed by atoms with van der Waals surface area (Å²) < 4.78 is 4.83. The van der Waals surface area contributed by atoms with E-state index in [2.05, 4.69) is 4.98 Å². The summed E-state index contributed by atoms with van der Waals surface area (Å²) in [4.78, 5) is 14.0. The standard InChI is InChI=1S/C8H6N2O2/c1-12-8-2-6(5-11)4-10-7(8)3-9/h2,4-5H,1H3. The summed E-state index contributed by atoms with van der Waals surface area (Å²) in [6.45, 7) is 0. The molecule has 1 heterocycles. The van der Waals surface area contributed by atoms with Crippen LogP contribution in [0.2, 0.25) is 0 Å². The van der Waals surface area contributed by atoms with E-state index in [9.17, 15) is 4.79 Å². The van der Waals surface area contributed by atoms with Gasteiger partial charge >= 0.3 is 0 Å². The minimum absolute atomic E-state index is 0.183. The van der Waals surface area contributed by atoms with Gasteiger partial charge in [0.1, 0.15) is 6.07 Å². The Kier molecular flexibility index (Phi) is 2.38. The number of nitrogens with zero attached hydrogens (tertiary/aromatic N) is 2. The molecule has 0 amide bonds. The lowest BCUT2D eigenvalue weighted by Crippen LogP contribution is -1.93. The first-order valence-electron chi connectivity index (χ1n) is 3.21. The number of carbonyl (C=O) groups excluding carboxylic acids is 1. The molecule has 0 aliphatic carbocycles. The van der Waals surface area contributed by atoms with Crippen molar-refractivity contribution in [3.8, 4) is 11.8 Å². The topological polar surface area (TPSA) is 63.0 Å². The van der Waals surface area contributed by atoms with Gasteiger partial charge in [-0.2, -0.15) is 5.26 Å². The highest BCUT2D eigenvalue weighted by atomic mass is 16.5. The molecule has 1 rings (SSSR count). The molecule has 0 radical (unpaired) electrons. The number of methoxy groups -OCH3 is 1. The molecule has 0 N–H and O–H groups in total. The van der Waals surface area contributed by atoms with Crippen LogP contribution in [0.15, 0.2) is 12.3 Å². The highest BCUT2D eigenvalue weighted by Gasteiger charge is 2.03. The molecule has 4 nitrogen and oxygen atoms in total. The smallest absolute Gasteiger partial charge is 0.182 e. The van der Waals surface area contributed by atoms with Gasteiger partial charge < -0.3 is 4.74 Å². The van der Waals surface area contributed by atoms with Crippen LogP contribution < -0.4 is 4.74 Å². The Balaban J connectivity index is 3.21. The zero-order chi connectivity index (χ0) is 8.97. The molecule has 60 valence electrons. The zero-order valence-corrected chi connectivity index (χ0v) is 6.44. The summed E-state index contributed by atoms with van der Waals surface area (Å²) in [5, 5.41) is 8.53. The Morgan fingerprint density at radius 1 is 1.75 bits per heavy atom. The molecule has 0 atom stereocenters. The second kappa shape index (κ2) is 3.49. The third-order valence-electron chi connectivity index (χ3n) is 1.34. The average molecular weight is 162 g/mol. The number of aromatic nitrogens is 1. The second-order valence-corrected chi connectivity index (χ2v) is 2.05. The summed E-state index contributed by atoms with van der Waals surface area (Å²) in [6, 6.07) is 3.32. The zero-order valence-electron chi connectivity index (χ0n) is 6.44. The van der Waals surface area contributed by atoms with E-state index in [1.165, 1.54) is 19.4 Å². The number of hydrogen-bond donors (Lipinski definition) is 0. The number of ether oxygens (including phenoxy) is 1. The van der Waals surface area contributed by atoms with Crippen molar-refractivity contribution >= 4 is 6.29 Å². The van der Waals surface area contributed by atoms with Crippen LogP contribution in [0.1, 0.15) is 16.1 Å². The lowest BCUT2D eigenvalue weighted by atomic mass is 10.2. The lowest BCUT2D eigenvalue weighted by Gasteiger charge is -2.00. The first-order chi connectivity index (χ1) is 5.81. The highest BCUT2D eigenvalue weighted by molar-refractivity contribution is 5.75. The molecule has 0 fully saturated rings. The average Bonchev–Trinajstić information content (AvgIpc) is 2.16. The Labute approximate surface area is 69.4 Å². The fourth-order valence-electron chi connectivity index (χ4n) is 0.764. The second-order valence-electron chi connectivity index (χ2n) is 2.05. The largest absolute Gasteiger partial charge is 0.494 e. The van der Waals surface area contributed by atoms with E-state index < -0.39 is 0 Å². The molecule has 0 aliphatic heterocycles. The maximum Gasteiger partial charge on any atom is 0.182 e. The van der Waals surface area contributed by atoms with Gasteiger partial charge in [-0.05, 0) is 6.07 Å². The molecule has 1 aromatic heterocycles. The first-order valence-corrected chi connectivity index (χ1v) is 3.21. The SMILES string of the molecule is COc1cc(C=O)cnc1C#N. The van der Waals surface area contributed by atoms with E-state index in [0.29, 0.717) is 17.6 Å². The minimum atomic E-state index is 0.183. The number of carbonyl (C=O) groups is 1. The van der Waals surface area contributed by atoms with E-state index in [4.69, 9.17) is 10.00 Å². The summed E-state index contributed by atoms with van der Waals surface area (Å²) >= 11 is 0. The molecule has 0 saturated heterocycles. The van der Waals surface area contributed by atoms with Gasteiger partial charge in [-0.3, -0.25) is 4.79 Å². The van der Waals surface area contributed by atoms with Crippen molar-refractivity contribution in [2.24, 2.45) is 0 Å². The van der Waals surface area contributed by atoms with Gasteiger partial charge in [0.15, 0.2) is 17.7 Å². The van der Waals surface area contributed by atoms with Crippen LogP contribution in [-0.4, -0.2) is 18.4 Å². The summed E-state index contributed by atoms with van der Waals surface area (Å²) in [5.74, 6) is 0.321. The van der Waals surface area contributed by atoms with E-state index in [0.717, 1.165) is 0 Å².